The van der Waals surface area contributed by atoms with Crippen LogP contribution in [0.1, 0.15) is 52.4 Å². The summed E-state index contributed by atoms with van der Waals surface area (Å²) in [5.74, 6) is 0. The average molecular weight is 171 g/mol. The fourth-order valence-electron chi connectivity index (χ4n) is 1.19. The zero-order chi connectivity index (χ0) is 9.07. The van der Waals surface area contributed by atoms with Crippen molar-refractivity contribution >= 4 is 0 Å². The topological polar surface area (TPSA) is 9.23 Å². The number of hydrogen-bond donors (Lipinski definition) is 0. The van der Waals surface area contributed by atoms with Crippen molar-refractivity contribution in [2.24, 2.45) is 0 Å². The molecule has 0 aromatic rings. The summed E-state index contributed by atoms with van der Waals surface area (Å²) in [6.45, 7) is 6.03. The van der Waals surface area contributed by atoms with Crippen LogP contribution < -0.4 is 0 Å². The molecule has 0 unspecified atom stereocenters. The zero-order valence-electron chi connectivity index (χ0n) is 8.64. The lowest BCUT2D eigenvalue weighted by atomic mass is 10.1. The largest absolute Gasteiger partial charge is 0.381 e. The van der Waals surface area contributed by atoms with Gasteiger partial charge in [0.25, 0.3) is 0 Å². The van der Waals surface area contributed by atoms with Gasteiger partial charge in [-0.2, -0.15) is 0 Å². The molecule has 0 rings (SSSR count). The van der Waals surface area contributed by atoms with E-state index in [0.717, 1.165) is 13.2 Å². The molecule has 0 aromatic carbocycles. The Labute approximate surface area is 77.5 Å². The van der Waals surface area contributed by atoms with Crippen LogP contribution in [0.15, 0.2) is 0 Å². The molecule has 0 saturated carbocycles. The monoisotopic (exact) mass is 171 g/mol. The molecular formula is C11H23O. The first-order valence-corrected chi connectivity index (χ1v) is 5.27. The van der Waals surface area contributed by atoms with Crippen LogP contribution in [-0.2, 0) is 4.74 Å². The molecule has 0 bridgehead atoms. The van der Waals surface area contributed by atoms with E-state index in [1.807, 2.05) is 6.92 Å². The highest BCUT2D eigenvalue weighted by Gasteiger charge is 1.89. The van der Waals surface area contributed by atoms with Gasteiger partial charge in [0.05, 0.1) is 0 Å². The summed E-state index contributed by atoms with van der Waals surface area (Å²) in [5.41, 5.74) is 0. The van der Waals surface area contributed by atoms with Crippen LogP contribution in [-0.4, -0.2) is 13.2 Å². The van der Waals surface area contributed by atoms with Crippen molar-refractivity contribution in [3.63, 3.8) is 0 Å². The Kier molecular flexibility index (Phi) is 10.9. The van der Waals surface area contributed by atoms with Crippen LogP contribution in [0, 0.1) is 6.42 Å². The summed E-state index contributed by atoms with van der Waals surface area (Å²) in [7, 11) is 0. The summed E-state index contributed by atoms with van der Waals surface area (Å²) in [5, 5.41) is 0. The highest BCUT2D eigenvalue weighted by molar-refractivity contribution is 4.51. The van der Waals surface area contributed by atoms with Gasteiger partial charge in [-0.1, -0.05) is 46.0 Å². The normalized spacial score (nSPS) is 10.5. The van der Waals surface area contributed by atoms with Crippen LogP contribution >= 0.6 is 0 Å². The van der Waals surface area contributed by atoms with Crippen molar-refractivity contribution in [3.8, 4) is 0 Å². The molecule has 0 saturated heterocycles. The second-order valence-electron chi connectivity index (χ2n) is 3.25. The molecule has 1 radical (unpaired) electrons. The van der Waals surface area contributed by atoms with Gasteiger partial charge in [0.15, 0.2) is 0 Å². The number of unbranched alkanes of at least 4 members (excludes halogenated alkanes) is 5. The number of rotatable bonds is 9. The Morgan fingerprint density at radius 2 is 1.67 bits per heavy atom. The molecule has 0 fully saturated rings. The minimum atomic E-state index is 0.814. The Hall–Kier alpha value is -0.0400. The maximum Gasteiger partial charge on any atom is 0.0495 e. The summed E-state index contributed by atoms with van der Waals surface area (Å²) in [4.78, 5) is 0. The molecule has 0 atom stereocenters. The predicted octanol–water partition coefficient (Wildman–Crippen LogP) is 3.59. The molecule has 73 valence electrons. The van der Waals surface area contributed by atoms with Crippen molar-refractivity contribution in [1.82, 2.24) is 0 Å². The van der Waals surface area contributed by atoms with E-state index < -0.39 is 0 Å². The van der Waals surface area contributed by atoms with Crippen molar-refractivity contribution in [2.75, 3.05) is 13.2 Å². The molecular weight excluding hydrogens is 148 g/mol. The van der Waals surface area contributed by atoms with Gasteiger partial charge < -0.3 is 4.74 Å². The van der Waals surface area contributed by atoms with Crippen molar-refractivity contribution in [3.05, 3.63) is 6.42 Å². The first kappa shape index (κ1) is 12.0. The fraction of sp³-hybridized carbons (Fsp3) is 0.909. The third kappa shape index (κ3) is 9.96. The molecule has 0 amide bonds. The summed E-state index contributed by atoms with van der Waals surface area (Å²) in [6.07, 6.45) is 10.1. The van der Waals surface area contributed by atoms with Crippen LogP contribution in [0.2, 0.25) is 0 Å². The Morgan fingerprint density at radius 1 is 1.00 bits per heavy atom. The van der Waals surface area contributed by atoms with E-state index in [-0.39, 0.29) is 0 Å². The summed E-state index contributed by atoms with van der Waals surface area (Å²) >= 11 is 0. The second kappa shape index (κ2) is 11.0. The lowest BCUT2D eigenvalue weighted by Crippen LogP contribution is -1.95. The molecule has 0 aliphatic heterocycles. The van der Waals surface area contributed by atoms with Gasteiger partial charge >= 0.3 is 0 Å². The Morgan fingerprint density at radius 3 is 2.33 bits per heavy atom. The van der Waals surface area contributed by atoms with Crippen LogP contribution in [0.4, 0.5) is 0 Å². The zero-order valence-corrected chi connectivity index (χ0v) is 8.64. The first-order chi connectivity index (χ1) is 5.91. The van der Waals surface area contributed by atoms with E-state index in [4.69, 9.17) is 4.74 Å². The van der Waals surface area contributed by atoms with E-state index in [2.05, 4.69) is 13.3 Å². The van der Waals surface area contributed by atoms with E-state index in [9.17, 15) is 0 Å². The average Bonchev–Trinajstić information content (AvgIpc) is 2.10. The standard InChI is InChI=1S/C11H23O/c1-3-5-6-7-8-9-11-12-10-4-2/h4H,3,5-11H2,1-2H3. The van der Waals surface area contributed by atoms with E-state index in [1.165, 1.54) is 38.5 Å². The molecule has 0 aliphatic carbocycles. The van der Waals surface area contributed by atoms with Gasteiger partial charge in [0.1, 0.15) is 0 Å². The second-order valence-corrected chi connectivity index (χ2v) is 3.25. The molecule has 0 N–H and O–H groups in total. The third-order valence-electron chi connectivity index (χ3n) is 1.93. The van der Waals surface area contributed by atoms with Gasteiger partial charge in [-0.05, 0) is 12.8 Å². The van der Waals surface area contributed by atoms with Gasteiger partial charge in [-0.15, -0.1) is 0 Å². The minimum Gasteiger partial charge on any atom is -0.381 e. The minimum absolute atomic E-state index is 0.814. The van der Waals surface area contributed by atoms with Crippen molar-refractivity contribution < 1.29 is 4.74 Å². The van der Waals surface area contributed by atoms with Crippen LogP contribution in [0.5, 0.6) is 0 Å². The highest BCUT2D eigenvalue weighted by Crippen LogP contribution is 2.04. The molecule has 0 heterocycles. The van der Waals surface area contributed by atoms with Gasteiger partial charge in [0, 0.05) is 13.2 Å². The Bertz CT molecular complexity index is 61.4. The maximum atomic E-state index is 5.33. The van der Waals surface area contributed by atoms with Gasteiger partial charge in [-0.25, -0.2) is 0 Å². The van der Waals surface area contributed by atoms with E-state index in [1.54, 1.807) is 0 Å². The van der Waals surface area contributed by atoms with Gasteiger partial charge in [-0.3, -0.25) is 0 Å². The quantitative estimate of drug-likeness (QED) is 0.482. The molecule has 12 heavy (non-hydrogen) atoms. The summed E-state index contributed by atoms with van der Waals surface area (Å²) < 4.78 is 5.33. The smallest absolute Gasteiger partial charge is 0.0495 e. The molecule has 0 spiro atoms. The predicted molar refractivity (Wildman–Crippen MR) is 54.2 cm³/mol. The Balaban J connectivity index is 2.73. The molecule has 0 aromatic heterocycles. The number of ether oxygens (including phenoxy) is 1. The molecule has 1 heteroatoms. The third-order valence-corrected chi connectivity index (χ3v) is 1.93. The highest BCUT2D eigenvalue weighted by atomic mass is 16.5. The lowest BCUT2D eigenvalue weighted by Gasteiger charge is -2.01. The van der Waals surface area contributed by atoms with E-state index in [0.29, 0.717) is 0 Å². The van der Waals surface area contributed by atoms with Crippen molar-refractivity contribution in [2.45, 2.75) is 52.4 Å². The van der Waals surface area contributed by atoms with Gasteiger partial charge in [0.2, 0.25) is 0 Å². The molecule has 0 aliphatic rings. The van der Waals surface area contributed by atoms with E-state index >= 15 is 0 Å². The van der Waals surface area contributed by atoms with Crippen LogP contribution in [0.25, 0.3) is 0 Å². The van der Waals surface area contributed by atoms with Crippen molar-refractivity contribution in [1.29, 1.82) is 0 Å². The lowest BCUT2D eigenvalue weighted by molar-refractivity contribution is 0.149. The number of hydrogen-bond acceptors (Lipinski definition) is 1. The first-order valence-electron chi connectivity index (χ1n) is 5.27. The SMILES string of the molecule is C[CH]COCCCCCCCC. The maximum absolute atomic E-state index is 5.33. The fourth-order valence-corrected chi connectivity index (χ4v) is 1.19. The summed E-state index contributed by atoms with van der Waals surface area (Å²) in [6, 6.07) is 0. The molecule has 1 nitrogen and oxygen atoms in total. The van der Waals surface area contributed by atoms with Crippen LogP contribution in [0.3, 0.4) is 0 Å².